The van der Waals surface area contributed by atoms with Gasteiger partial charge in [-0.1, -0.05) is 50.5 Å². The van der Waals surface area contributed by atoms with Crippen molar-refractivity contribution in [2.75, 3.05) is 5.73 Å². The molecule has 1 saturated carbocycles. The summed E-state index contributed by atoms with van der Waals surface area (Å²) in [5.74, 6) is 0.863. The van der Waals surface area contributed by atoms with Gasteiger partial charge in [0, 0.05) is 5.69 Å². The molecule has 2 rings (SSSR count). The lowest BCUT2D eigenvalue weighted by atomic mass is 9.96. The fraction of sp³-hybridized carbons (Fsp3) is 0.429. The van der Waals surface area contributed by atoms with Crippen molar-refractivity contribution in [3.8, 4) is 0 Å². The second-order valence-corrected chi connectivity index (χ2v) is 4.52. The molecule has 1 aliphatic rings. The Morgan fingerprint density at radius 1 is 1.33 bits per heavy atom. The standard InChI is InChI=1S/C14H19N/c1-2-11-7-8-13(14(15)10-11)9-12-5-3-4-6-12/h2,7-8,10,12H,1,3-6,9,15H2. The Hall–Kier alpha value is -1.24. The SMILES string of the molecule is C=Cc1ccc(CC2CCCC2)c(N)c1. The normalized spacial score (nSPS) is 16.8. The van der Waals surface area contributed by atoms with Crippen LogP contribution >= 0.6 is 0 Å². The number of nitrogens with two attached hydrogens (primary N) is 1. The molecule has 2 N–H and O–H groups in total. The predicted octanol–water partition coefficient (Wildman–Crippen LogP) is 3.64. The van der Waals surface area contributed by atoms with Crippen LogP contribution in [0.2, 0.25) is 0 Å². The second-order valence-electron chi connectivity index (χ2n) is 4.52. The summed E-state index contributed by atoms with van der Waals surface area (Å²) in [4.78, 5) is 0. The maximum absolute atomic E-state index is 6.03. The minimum Gasteiger partial charge on any atom is -0.398 e. The summed E-state index contributed by atoms with van der Waals surface area (Å²) >= 11 is 0. The van der Waals surface area contributed by atoms with Crippen molar-refractivity contribution in [3.63, 3.8) is 0 Å². The van der Waals surface area contributed by atoms with Crippen LogP contribution in [0, 0.1) is 5.92 Å². The average Bonchev–Trinajstić information content (AvgIpc) is 2.74. The van der Waals surface area contributed by atoms with E-state index < -0.39 is 0 Å². The van der Waals surface area contributed by atoms with E-state index in [9.17, 15) is 0 Å². The van der Waals surface area contributed by atoms with E-state index in [0.717, 1.165) is 23.6 Å². The Morgan fingerprint density at radius 3 is 2.67 bits per heavy atom. The number of benzene rings is 1. The van der Waals surface area contributed by atoms with Gasteiger partial charge < -0.3 is 5.73 Å². The molecule has 1 fully saturated rings. The molecular formula is C14H19N. The van der Waals surface area contributed by atoms with Crippen molar-refractivity contribution in [2.45, 2.75) is 32.1 Å². The summed E-state index contributed by atoms with van der Waals surface area (Å²) < 4.78 is 0. The minimum atomic E-state index is 0.863. The molecule has 15 heavy (non-hydrogen) atoms. The lowest BCUT2D eigenvalue weighted by molar-refractivity contribution is 0.547. The van der Waals surface area contributed by atoms with Crippen LogP contribution < -0.4 is 5.73 Å². The summed E-state index contributed by atoms with van der Waals surface area (Å²) in [7, 11) is 0. The number of rotatable bonds is 3. The molecular weight excluding hydrogens is 182 g/mol. The highest BCUT2D eigenvalue weighted by atomic mass is 14.6. The molecule has 0 aromatic heterocycles. The van der Waals surface area contributed by atoms with E-state index in [4.69, 9.17) is 5.73 Å². The number of anilines is 1. The van der Waals surface area contributed by atoms with E-state index in [2.05, 4.69) is 18.7 Å². The first kappa shape index (κ1) is 10.3. The zero-order valence-corrected chi connectivity index (χ0v) is 9.21. The maximum Gasteiger partial charge on any atom is 0.0352 e. The molecule has 0 radical (unpaired) electrons. The first-order chi connectivity index (χ1) is 7.29. The molecule has 1 heteroatoms. The van der Waals surface area contributed by atoms with Crippen LogP contribution in [0.15, 0.2) is 24.8 Å². The molecule has 0 amide bonds. The molecule has 0 unspecified atom stereocenters. The summed E-state index contributed by atoms with van der Waals surface area (Å²) in [6.07, 6.45) is 8.55. The van der Waals surface area contributed by atoms with Crippen LogP contribution in [0.25, 0.3) is 6.08 Å². The van der Waals surface area contributed by atoms with Gasteiger partial charge in [-0.15, -0.1) is 0 Å². The van der Waals surface area contributed by atoms with Gasteiger partial charge in [0.2, 0.25) is 0 Å². The van der Waals surface area contributed by atoms with Crippen LogP contribution in [0.4, 0.5) is 5.69 Å². The van der Waals surface area contributed by atoms with E-state index in [-0.39, 0.29) is 0 Å². The molecule has 0 bridgehead atoms. The Morgan fingerprint density at radius 2 is 2.07 bits per heavy atom. The second kappa shape index (κ2) is 4.52. The third kappa shape index (κ3) is 2.41. The van der Waals surface area contributed by atoms with E-state index in [1.807, 2.05) is 12.1 Å². The summed E-state index contributed by atoms with van der Waals surface area (Å²) in [6.45, 7) is 3.75. The molecule has 80 valence electrons. The van der Waals surface area contributed by atoms with Crippen molar-refractivity contribution in [2.24, 2.45) is 5.92 Å². The summed E-state index contributed by atoms with van der Waals surface area (Å²) in [5.41, 5.74) is 9.38. The van der Waals surface area contributed by atoms with E-state index in [1.54, 1.807) is 0 Å². The van der Waals surface area contributed by atoms with Gasteiger partial charge in [0.05, 0.1) is 0 Å². The third-order valence-corrected chi connectivity index (χ3v) is 3.39. The van der Waals surface area contributed by atoms with Crippen molar-refractivity contribution in [1.82, 2.24) is 0 Å². The molecule has 0 atom stereocenters. The molecule has 0 heterocycles. The first-order valence-electron chi connectivity index (χ1n) is 5.80. The largest absolute Gasteiger partial charge is 0.398 e. The molecule has 1 aromatic carbocycles. The Bertz CT molecular complexity index is 348. The van der Waals surface area contributed by atoms with Crippen molar-refractivity contribution < 1.29 is 0 Å². The average molecular weight is 201 g/mol. The van der Waals surface area contributed by atoms with Crippen LogP contribution in [-0.4, -0.2) is 0 Å². The van der Waals surface area contributed by atoms with Gasteiger partial charge in [0.25, 0.3) is 0 Å². The van der Waals surface area contributed by atoms with E-state index >= 15 is 0 Å². The zero-order valence-electron chi connectivity index (χ0n) is 9.21. The van der Waals surface area contributed by atoms with Gasteiger partial charge in [-0.3, -0.25) is 0 Å². The highest BCUT2D eigenvalue weighted by Crippen LogP contribution is 2.29. The van der Waals surface area contributed by atoms with Gasteiger partial charge in [-0.25, -0.2) is 0 Å². The molecule has 0 spiro atoms. The first-order valence-corrected chi connectivity index (χ1v) is 5.80. The van der Waals surface area contributed by atoms with Gasteiger partial charge in [0.1, 0.15) is 0 Å². The van der Waals surface area contributed by atoms with Crippen LogP contribution in [0.1, 0.15) is 36.8 Å². The Labute approximate surface area is 92.0 Å². The maximum atomic E-state index is 6.03. The number of nitrogen functional groups attached to an aromatic ring is 1. The molecule has 1 aromatic rings. The summed E-state index contributed by atoms with van der Waals surface area (Å²) in [6, 6.07) is 6.29. The van der Waals surface area contributed by atoms with Crippen molar-refractivity contribution in [1.29, 1.82) is 0 Å². The minimum absolute atomic E-state index is 0.863. The lowest BCUT2D eigenvalue weighted by Gasteiger charge is -2.11. The van der Waals surface area contributed by atoms with Gasteiger partial charge in [-0.2, -0.15) is 0 Å². The monoisotopic (exact) mass is 201 g/mol. The smallest absolute Gasteiger partial charge is 0.0352 e. The van der Waals surface area contributed by atoms with Gasteiger partial charge >= 0.3 is 0 Å². The number of hydrogen-bond acceptors (Lipinski definition) is 1. The van der Waals surface area contributed by atoms with Crippen molar-refractivity contribution >= 4 is 11.8 Å². The lowest BCUT2D eigenvalue weighted by Crippen LogP contribution is -2.02. The molecule has 0 saturated heterocycles. The van der Waals surface area contributed by atoms with E-state index in [0.29, 0.717) is 0 Å². The van der Waals surface area contributed by atoms with Crippen LogP contribution in [-0.2, 0) is 6.42 Å². The number of hydrogen-bond donors (Lipinski definition) is 1. The third-order valence-electron chi connectivity index (χ3n) is 3.39. The van der Waals surface area contributed by atoms with E-state index in [1.165, 1.54) is 31.2 Å². The Balaban J connectivity index is 2.10. The van der Waals surface area contributed by atoms with Crippen LogP contribution in [0.5, 0.6) is 0 Å². The Kier molecular flexibility index (Phi) is 3.10. The zero-order chi connectivity index (χ0) is 10.7. The van der Waals surface area contributed by atoms with Gasteiger partial charge in [0.15, 0.2) is 0 Å². The van der Waals surface area contributed by atoms with Crippen LogP contribution in [0.3, 0.4) is 0 Å². The molecule has 1 nitrogen and oxygen atoms in total. The molecule has 1 aliphatic carbocycles. The fourth-order valence-electron chi connectivity index (χ4n) is 2.45. The quantitative estimate of drug-likeness (QED) is 0.742. The fourth-order valence-corrected chi connectivity index (χ4v) is 2.45. The highest BCUT2D eigenvalue weighted by molar-refractivity contribution is 5.58. The molecule has 0 aliphatic heterocycles. The van der Waals surface area contributed by atoms with Crippen molar-refractivity contribution in [3.05, 3.63) is 35.9 Å². The predicted molar refractivity (Wildman–Crippen MR) is 66.6 cm³/mol. The van der Waals surface area contributed by atoms with Gasteiger partial charge in [-0.05, 0) is 29.5 Å². The topological polar surface area (TPSA) is 26.0 Å². The summed E-state index contributed by atoms with van der Waals surface area (Å²) in [5, 5.41) is 0. The highest BCUT2D eigenvalue weighted by Gasteiger charge is 2.16.